The quantitative estimate of drug-likeness (QED) is 0.464. The molecule has 0 N–H and O–H groups in total. The summed E-state index contributed by atoms with van der Waals surface area (Å²) in [6.07, 6.45) is 4.92. The first kappa shape index (κ1) is 25.3. The van der Waals surface area contributed by atoms with Gasteiger partial charge in [0.05, 0.1) is 6.07 Å². The lowest BCUT2D eigenvalue weighted by Gasteiger charge is -2.40. The Bertz CT molecular complexity index is 1520. The van der Waals surface area contributed by atoms with E-state index in [1.54, 1.807) is 24.4 Å². The number of benzene rings is 1. The lowest BCUT2D eigenvalue weighted by Crippen LogP contribution is -2.49. The van der Waals surface area contributed by atoms with E-state index in [1.807, 2.05) is 38.7 Å². The number of hydrogen-bond acceptors (Lipinski definition) is 7. The summed E-state index contributed by atoms with van der Waals surface area (Å²) in [6.45, 7) is 8.05. The van der Waals surface area contributed by atoms with Crippen LogP contribution in [0.25, 0.3) is 5.65 Å². The van der Waals surface area contributed by atoms with E-state index in [0.29, 0.717) is 6.54 Å². The van der Waals surface area contributed by atoms with Crippen molar-refractivity contribution in [3.8, 4) is 5.88 Å². The molecular formula is C27H31N3O6S. The number of aryl methyl sites for hydroxylation is 1. The number of aromatic nitrogens is 2. The monoisotopic (exact) mass is 525 g/mol. The van der Waals surface area contributed by atoms with Gasteiger partial charge in [0.15, 0.2) is 0 Å². The molecule has 1 spiro atoms. The second-order valence-electron chi connectivity index (χ2n) is 11.0. The number of rotatable bonds is 4. The van der Waals surface area contributed by atoms with Crippen LogP contribution in [-0.2, 0) is 14.9 Å². The normalized spacial score (nSPS) is 19.1. The maximum Gasteiger partial charge on any atom is 0.410 e. The molecule has 1 saturated carbocycles. The Balaban J connectivity index is 1.36. The zero-order valence-corrected chi connectivity index (χ0v) is 22.2. The summed E-state index contributed by atoms with van der Waals surface area (Å²) in [7, 11) is -4.12. The van der Waals surface area contributed by atoms with Crippen molar-refractivity contribution in [2.45, 2.75) is 75.3 Å². The molecule has 1 aromatic carbocycles. The van der Waals surface area contributed by atoms with Crippen molar-refractivity contribution in [3.63, 3.8) is 0 Å². The van der Waals surface area contributed by atoms with Crippen LogP contribution in [0, 0.1) is 6.92 Å². The van der Waals surface area contributed by atoms with E-state index >= 15 is 0 Å². The summed E-state index contributed by atoms with van der Waals surface area (Å²) >= 11 is 0. The first-order chi connectivity index (χ1) is 17.4. The molecule has 0 bridgehead atoms. The molecule has 9 nitrogen and oxygen atoms in total. The fraction of sp³-hybridized carbons (Fsp3) is 0.444. The molecular weight excluding hydrogens is 494 g/mol. The molecule has 2 fully saturated rings. The summed E-state index contributed by atoms with van der Waals surface area (Å²) in [5.74, 6) is -0.101. The van der Waals surface area contributed by atoms with Crippen LogP contribution in [0.4, 0.5) is 4.79 Å². The highest BCUT2D eigenvalue weighted by Crippen LogP contribution is 2.52. The van der Waals surface area contributed by atoms with E-state index in [4.69, 9.17) is 8.92 Å². The molecule has 0 radical (unpaired) electrons. The van der Waals surface area contributed by atoms with Crippen LogP contribution in [0.3, 0.4) is 0 Å². The molecule has 2 aromatic heterocycles. The van der Waals surface area contributed by atoms with E-state index in [0.717, 1.165) is 42.9 Å². The Labute approximate surface area is 216 Å². The molecule has 2 aliphatic rings. The van der Waals surface area contributed by atoms with Crippen LogP contribution in [0.2, 0.25) is 0 Å². The molecule has 1 aliphatic carbocycles. The zero-order chi connectivity index (χ0) is 26.6. The van der Waals surface area contributed by atoms with Crippen molar-refractivity contribution in [1.82, 2.24) is 14.3 Å². The van der Waals surface area contributed by atoms with Gasteiger partial charge in [-0.2, -0.15) is 13.4 Å². The Hall–Kier alpha value is -3.40. The Morgan fingerprint density at radius 3 is 2.46 bits per heavy atom. The molecule has 196 valence electrons. The number of amides is 1. The second kappa shape index (κ2) is 8.86. The number of ether oxygens (including phenoxy) is 1. The van der Waals surface area contributed by atoms with E-state index in [1.165, 1.54) is 16.5 Å². The second-order valence-corrected chi connectivity index (χ2v) is 12.6. The summed E-state index contributed by atoms with van der Waals surface area (Å²) in [5, 5.41) is 0. The van der Waals surface area contributed by atoms with Gasteiger partial charge in [-0.15, -0.1) is 0 Å². The van der Waals surface area contributed by atoms with Crippen molar-refractivity contribution in [2.24, 2.45) is 0 Å². The largest absolute Gasteiger partial charge is 0.444 e. The third kappa shape index (κ3) is 5.20. The topological polar surface area (TPSA) is 107 Å². The van der Waals surface area contributed by atoms with Gasteiger partial charge < -0.3 is 13.8 Å². The maximum absolute atomic E-state index is 12.9. The van der Waals surface area contributed by atoms with Gasteiger partial charge in [-0.05, 0) is 83.1 Å². The first-order valence-corrected chi connectivity index (χ1v) is 13.8. The highest BCUT2D eigenvalue weighted by molar-refractivity contribution is 7.87. The number of carbonyl (C=O) groups excluding carboxylic acids is 1. The van der Waals surface area contributed by atoms with Gasteiger partial charge in [-0.25, -0.2) is 4.79 Å². The summed E-state index contributed by atoms with van der Waals surface area (Å²) < 4.78 is 37.5. The van der Waals surface area contributed by atoms with E-state index in [2.05, 4.69) is 4.98 Å². The molecule has 3 aromatic rings. The van der Waals surface area contributed by atoms with Crippen LogP contribution in [0.15, 0.2) is 58.4 Å². The van der Waals surface area contributed by atoms with E-state index in [-0.39, 0.29) is 34.0 Å². The van der Waals surface area contributed by atoms with Gasteiger partial charge in [-0.3, -0.25) is 9.20 Å². The van der Waals surface area contributed by atoms with Gasteiger partial charge in [0.1, 0.15) is 16.1 Å². The average Bonchev–Trinajstić information content (AvgIpc) is 3.56. The van der Waals surface area contributed by atoms with Crippen LogP contribution in [0.5, 0.6) is 5.88 Å². The Morgan fingerprint density at radius 2 is 1.81 bits per heavy atom. The van der Waals surface area contributed by atoms with Crippen LogP contribution in [0.1, 0.15) is 63.5 Å². The number of likely N-dealkylation sites (tertiary alicyclic amines) is 1. The first-order valence-electron chi connectivity index (χ1n) is 12.4. The van der Waals surface area contributed by atoms with Gasteiger partial charge in [0, 0.05) is 18.3 Å². The minimum atomic E-state index is -4.12. The highest BCUT2D eigenvalue weighted by atomic mass is 32.2. The maximum atomic E-state index is 12.9. The van der Waals surface area contributed by atoms with E-state index < -0.39 is 21.3 Å². The summed E-state index contributed by atoms with van der Waals surface area (Å²) in [6, 6.07) is 10.9. The molecule has 0 unspecified atom stereocenters. The minimum absolute atomic E-state index is 0.0119. The third-order valence-corrected chi connectivity index (χ3v) is 8.22. The summed E-state index contributed by atoms with van der Waals surface area (Å²) in [4.78, 5) is 31.8. The smallest absolute Gasteiger partial charge is 0.410 e. The van der Waals surface area contributed by atoms with Crippen molar-refractivity contribution in [2.75, 3.05) is 6.54 Å². The van der Waals surface area contributed by atoms with Crippen molar-refractivity contribution in [1.29, 1.82) is 0 Å². The van der Waals surface area contributed by atoms with Gasteiger partial charge in [0.25, 0.3) is 5.56 Å². The lowest BCUT2D eigenvalue weighted by molar-refractivity contribution is 0.00370. The van der Waals surface area contributed by atoms with Crippen LogP contribution < -0.4 is 9.74 Å². The molecule has 1 amide bonds. The summed E-state index contributed by atoms with van der Waals surface area (Å²) in [5.41, 5.74) is 1.02. The molecule has 1 atom stereocenters. The molecule has 1 saturated heterocycles. The van der Waals surface area contributed by atoms with Gasteiger partial charge in [0.2, 0.25) is 5.88 Å². The third-order valence-electron chi connectivity index (χ3n) is 6.98. The predicted molar refractivity (Wildman–Crippen MR) is 137 cm³/mol. The van der Waals surface area contributed by atoms with Crippen LogP contribution in [-0.4, -0.2) is 46.5 Å². The number of piperidine rings is 1. The number of nitrogens with zero attached hydrogens (tertiary/aromatic N) is 3. The van der Waals surface area contributed by atoms with Crippen molar-refractivity contribution >= 4 is 21.9 Å². The van der Waals surface area contributed by atoms with Crippen LogP contribution >= 0.6 is 0 Å². The van der Waals surface area contributed by atoms with E-state index in [9.17, 15) is 18.0 Å². The highest BCUT2D eigenvalue weighted by Gasteiger charge is 2.54. The average molecular weight is 526 g/mol. The minimum Gasteiger partial charge on any atom is -0.444 e. The Morgan fingerprint density at radius 1 is 1.11 bits per heavy atom. The van der Waals surface area contributed by atoms with Crippen molar-refractivity contribution < 1.29 is 22.1 Å². The lowest BCUT2D eigenvalue weighted by atomic mass is 9.84. The van der Waals surface area contributed by atoms with Gasteiger partial charge >= 0.3 is 16.2 Å². The fourth-order valence-corrected chi connectivity index (χ4v) is 5.82. The molecule has 1 aliphatic heterocycles. The number of fused-ring (bicyclic) bond motifs is 1. The number of pyridine rings is 1. The van der Waals surface area contributed by atoms with Gasteiger partial charge in [-0.1, -0.05) is 23.8 Å². The SMILES string of the molecule is Cc1ccc(S(=O)(=O)Oc2cc(=O)n3cc([C@@H]4CCN(C(=O)OC(C)(C)C)C5(CC5)C4)ccc3n2)cc1. The molecule has 10 heteroatoms. The number of carbonyl (C=O) groups is 1. The standard InChI is InChI=1S/C27H31N3O6S/c1-18-5-8-21(9-6-18)37(33,34)36-23-15-24(31)29-17-20(7-10-22(29)28-23)19-11-14-30(27(16-19)12-13-27)25(32)35-26(2,3)4/h5-10,15,17,19H,11-14,16H2,1-4H3/t19-/m1/s1. The zero-order valence-electron chi connectivity index (χ0n) is 21.4. The molecule has 37 heavy (non-hydrogen) atoms. The van der Waals surface area contributed by atoms with Crippen molar-refractivity contribution in [3.05, 3.63) is 70.1 Å². The fourth-order valence-electron chi connectivity index (χ4n) is 4.94. The number of hydrogen-bond donors (Lipinski definition) is 0. The molecule has 5 rings (SSSR count). The predicted octanol–water partition coefficient (Wildman–Crippen LogP) is 4.42. The Kier molecular flexibility index (Phi) is 6.05. The molecule has 3 heterocycles.